The maximum Gasteiger partial charge on any atom is 0.339 e. The molecule has 0 bridgehead atoms. The lowest BCUT2D eigenvalue weighted by molar-refractivity contribution is -0.119. The summed E-state index contributed by atoms with van der Waals surface area (Å²) in [5.74, 6) is -0.919. The maximum absolute atomic E-state index is 11.7. The minimum absolute atomic E-state index is 0.0535. The summed E-state index contributed by atoms with van der Waals surface area (Å²) in [5.41, 5.74) is 11.9. The second kappa shape index (κ2) is 13.2. The number of aromatic nitrogens is 1. The van der Waals surface area contributed by atoms with Crippen LogP contribution in [0.1, 0.15) is 5.69 Å². The second-order valence-electron chi connectivity index (χ2n) is 9.16. The van der Waals surface area contributed by atoms with Crippen molar-refractivity contribution < 1.29 is 23.9 Å². The van der Waals surface area contributed by atoms with E-state index in [4.69, 9.17) is 11.5 Å². The molecule has 6 N–H and O–H groups in total. The molecule has 13 heteroatoms. The van der Waals surface area contributed by atoms with Gasteiger partial charge in [0, 0.05) is 70.5 Å². The van der Waals surface area contributed by atoms with Crippen LogP contribution < -0.4 is 11.5 Å². The molecule has 2 amide bonds. The molecule has 2 aromatic rings. The monoisotopic (exact) mass is 521 g/mol. The summed E-state index contributed by atoms with van der Waals surface area (Å²) in [5, 5.41) is 2.18. The molecule has 1 aromatic carbocycles. The topological polar surface area (TPSA) is 170 Å². The number of carbonyl (C=O) groups is 2. The number of hydrogen-bond acceptors (Lipinski definition) is 8. The average Bonchev–Trinajstić information content (AvgIpc) is 2.79. The standard InChI is InChI=1S/C23H36N7O5P/c24-22(31)16-28-9-7-27(15-21-20-4-2-1-3-19(20)5-6-26-21)8-10-29(17-23(25)32)12-14-30(13-11-28)18-36(33,34)35/h1-6H,7-18H2,(H2,24,31)(H2,25,32)(H2,33,34,35). The molecule has 1 aromatic heterocycles. The summed E-state index contributed by atoms with van der Waals surface area (Å²) in [7, 11) is -4.29. The maximum atomic E-state index is 11.7. The zero-order valence-corrected chi connectivity index (χ0v) is 21.3. The van der Waals surface area contributed by atoms with Crippen LogP contribution in [0.5, 0.6) is 0 Å². The van der Waals surface area contributed by atoms with Crippen molar-refractivity contribution in [3.05, 3.63) is 42.2 Å². The number of primary amides is 2. The smallest absolute Gasteiger partial charge is 0.339 e. The van der Waals surface area contributed by atoms with Crippen molar-refractivity contribution in [2.45, 2.75) is 6.54 Å². The molecule has 1 aliphatic rings. The Labute approximate surface area is 211 Å². The Morgan fingerprint density at radius 1 is 0.806 bits per heavy atom. The average molecular weight is 522 g/mol. The highest BCUT2D eigenvalue weighted by atomic mass is 31.2. The largest absolute Gasteiger partial charge is 0.369 e. The first-order valence-electron chi connectivity index (χ1n) is 11.9. The molecule has 1 saturated heterocycles. The highest BCUT2D eigenvalue weighted by molar-refractivity contribution is 7.51. The summed E-state index contributed by atoms with van der Waals surface area (Å²) in [6, 6.07) is 10.0. The Morgan fingerprint density at radius 3 is 1.83 bits per heavy atom. The minimum Gasteiger partial charge on any atom is -0.369 e. The number of hydrogen-bond donors (Lipinski definition) is 4. The third kappa shape index (κ3) is 9.55. The van der Waals surface area contributed by atoms with Crippen molar-refractivity contribution in [1.29, 1.82) is 0 Å². The third-order valence-electron chi connectivity index (χ3n) is 6.20. The van der Waals surface area contributed by atoms with Gasteiger partial charge >= 0.3 is 7.60 Å². The van der Waals surface area contributed by atoms with Gasteiger partial charge in [0.25, 0.3) is 0 Å². The molecule has 3 rings (SSSR count). The number of fused-ring (bicyclic) bond motifs is 1. The van der Waals surface area contributed by atoms with E-state index in [1.54, 1.807) is 11.1 Å². The SMILES string of the molecule is NC(=O)CN1CCN(Cc2nccc3ccccc23)CCN(CC(N)=O)CCN(CP(=O)(O)O)CC1. The van der Waals surface area contributed by atoms with E-state index in [1.807, 2.05) is 40.1 Å². The van der Waals surface area contributed by atoms with Crippen LogP contribution in [0.2, 0.25) is 0 Å². The van der Waals surface area contributed by atoms with Gasteiger partial charge in [-0.25, -0.2) is 0 Å². The molecule has 1 fully saturated rings. The first-order chi connectivity index (χ1) is 17.1. The molecule has 0 atom stereocenters. The quantitative estimate of drug-likeness (QED) is 0.318. The normalized spacial score (nSPS) is 18.5. The molecule has 198 valence electrons. The molecule has 0 saturated carbocycles. The van der Waals surface area contributed by atoms with E-state index >= 15 is 0 Å². The van der Waals surface area contributed by atoms with Crippen molar-refractivity contribution in [2.75, 3.05) is 71.7 Å². The van der Waals surface area contributed by atoms with Crippen LogP contribution >= 0.6 is 7.60 Å². The van der Waals surface area contributed by atoms with Crippen LogP contribution in [0, 0.1) is 0 Å². The van der Waals surface area contributed by atoms with E-state index in [2.05, 4.69) is 9.88 Å². The van der Waals surface area contributed by atoms with Crippen LogP contribution in [0.15, 0.2) is 36.5 Å². The van der Waals surface area contributed by atoms with Crippen molar-refractivity contribution in [2.24, 2.45) is 11.5 Å². The third-order valence-corrected chi connectivity index (χ3v) is 6.97. The molecule has 36 heavy (non-hydrogen) atoms. The van der Waals surface area contributed by atoms with Crippen molar-refractivity contribution in [3.63, 3.8) is 0 Å². The van der Waals surface area contributed by atoms with Gasteiger partial charge in [-0.15, -0.1) is 0 Å². The van der Waals surface area contributed by atoms with Gasteiger partial charge in [0.1, 0.15) is 6.29 Å². The summed E-state index contributed by atoms with van der Waals surface area (Å²) in [6.45, 7) is 4.50. The van der Waals surface area contributed by atoms with Crippen molar-refractivity contribution in [3.8, 4) is 0 Å². The molecule has 0 unspecified atom stereocenters. The Balaban J connectivity index is 1.81. The van der Waals surface area contributed by atoms with Gasteiger partial charge in [-0.1, -0.05) is 24.3 Å². The fourth-order valence-corrected chi connectivity index (χ4v) is 5.22. The lowest BCUT2D eigenvalue weighted by Gasteiger charge is -2.33. The molecular formula is C23H36N7O5P. The summed E-state index contributed by atoms with van der Waals surface area (Å²) in [4.78, 5) is 54.7. The lowest BCUT2D eigenvalue weighted by atomic mass is 10.1. The van der Waals surface area contributed by atoms with Crippen LogP contribution in [-0.2, 0) is 20.7 Å². The van der Waals surface area contributed by atoms with E-state index in [0.29, 0.717) is 58.9 Å². The first-order valence-corrected chi connectivity index (χ1v) is 13.7. The number of nitrogens with zero attached hydrogens (tertiary/aromatic N) is 5. The first kappa shape index (κ1) is 28.1. The van der Waals surface area contributed by atoms with Crippen LogP contribution in [-0.4, -0.2) is 118 Å². The highest BCUT2D eigenvalue weighted by Gasteiger charge is 2.23. The second-order valence-corrected chi connectivity index (χ2v) is 10.8. The Hall–Kier alpha value is -2.44. The number of benzene rings is 1. The van der Waals surface area contributed by atoms with E-state index in [0.717, 1.165) is 16.5 Å². The van der Waals surface area contributed by atoms with Gasteiger partial charge in [-0.2, -0.15) is 0 Å². The van der Waals surface area contributed by atoms with Crippen LogP contribution in [0.4, 0.5) is 0 Å². The number of amides is 2. The number of rotatable bonds is 8. The molecule has 1 aliphatic heterocycles. The molecule has 0 spiro atoms. The Kier molecular flexibility index (Phi) is 10.3. The number of carbonyl (C=O) groups excluding carboxylic acids is 2. The zero-order valence-electron chi connectivity index (χ0n) is 20.4. The molecule has 2 heterocycles. The number of pyridine rings is 1. The predicted octanol–water partition coefficient (Wildman–Crippen LogP) is -0.938. The Morgan fingerprint density at radius 2 is 1.31 bits per heavy atom. The van der Waals surface area contributed by atoms with Crippen molar-refractivity contribution >= 4 is 30.2 Å². The van der Waals surface area contributed by atoms with Crippen molar-refractivity contribution in [1.82, 2.24) is 24.6 Å². The predicted molar refractivity (Wildman–Crippen MR) is 137 cm³/mol. The molecule has 12 nitrogen and oxygen atoms in total. The van der Waals surface area contributed by atoms with Gasteiger partial charge in [-0.05, 0) is 11.5 Å². The van der Waals surface area contributed by atoms with E-state index < -0.39 is 25.7 Å². The minimum atomic E-state index is -4.29. The summed E-state index contributed by atoms with van der Waals surface area (Å²) < 4.78 is 11.7. The van der Waals surface area contributed by atoms with Crippen LogP contribution in [0.3, 0.4) is 0 Å². The molecular weight excluding hydrogens is 485 g/mol. The summed E-state index contributed by atoms with van der Waals surface area (Å²) >= 11 is 0. The fourth-order valence-electron chi connectivity index (χ4n) is 4.42. The van der Waals surface area contributed by atoms with E-state index in [-0.39, 0.29) is 13.1 Å². The highest BCUT2D eigenvalue weighted by Crippen LogP contribution is 2.34. The van der Waals surface area contributed by atoms with Crippen LogP contribution in [0.25, 0.3) is 10.8 Å². The van der Waals surface area contributed by atoms with Gasteiger partial charge in [0.15, 0.2) is 0 Å². The lowest BCUT2D eigenvalue weighted by Crippen LogP contribution is -2.48. The number of nitrogens with two attached hydrogens (primary N) is 2. The van der Waals surface area contributed by atoms with E-state index in [1.165, 1.54) is 0 Å². The van der Waals surface area contributed by atoms with E-state index in [9.17, 15) is 23.9 Å². The Bertz CT molecular complexity index is 1040. The van der Waals surface area contributed by atoms with Gasteiger partial charge < -0.3 is 21.3 Å². The zero-order chi connectivity index (χ0) is 26.1. The van der Waals surface area contributed by atoms with Gasteiger partial charge in [0.05, 0.1) is 18.8 Å². The summed E-state index contributed by atoms with van der Waals surface area (Å²) in [6.07, 6.45) is 1.39. The molecule has 0 radical (unpaired) electrons. The van der Waals surface area contributed by atoms with Gasteiger partial charge in [0.2, 0.25) is 11.8 Å². The fraction of sp³-hybridized carbons (Fsp3) is 0.522. The van der Waals surface area contributed by atoms with Gasteiger partial charge in [-0.3, -0.25) is 38.7 Å². The molecule has 0 aliphatic carbocycles.